The monoisotopic (exact) mass is 193 g/mol. The van der Waals surface area contributed by atoms with Crippen LogP contribution in [0.3, 0.4) is 0 Å². The smallest absolute Gasteiger partial charge is 0.294 e. The summed E-state index contributed by atoms with van der Waals surface area (Å²) in [5, 5.41) is 0. The summed E-state index contributed by atoms with van der Waals surface area (Å²) in [6, 6.07) is 7.42. The Hall–Kier alpha value is -1.55. The van der Waals surface area contributed by atoms with Crippen molar-refractivity contribution >= 4 is 11.7 Å². The van der Waals surface area contributed by atoms with Crippen LogP contribution in [-0.2, 0) is 0 Å². The van der Waals surface area contributed by atoms with Crippen molar-refractivity contribution in [3.63, 3.8) is 0 Å². The van der Waals surface area contributed by atoms with Gasteiger partial charge >= 0.3 is 6.03 Å². The van der Waals surface area contributed by atoms with E-state index in [2.05, 4.69) is 5.43 Å². The summed E-state index contributed by atoms with van der Waals surface area (Å²) >= 11 is 0. The fourth-order valence-corrected chi connectivity index (χ4v) is 1.25. The second kappa shape index (κ2) is 4.62. The maximum Gasteiger partial charge on any atom is 0.335 e. The highest BCUT2D eigenvalue weighted by Crippen LogP contribution is 2.14. The number of hydrogen-bond acceptors (Lipinski definition) is 2. The molecule has 14 heavy (non-hydrogen) atoms. The molecule has 1 aromatic rings. The number of amides is 2. The largest absolute Gasteiger partial charge is 0.335 e. The zero-order valence-corrected chi connectivity index (χ0v) is 8.45. The first-order valence-electron chi connectivity index (χ1n) is 4.53. The minimum atomic E-state index is -0.295. The highest BCUT2D eigenvalue weighted by molar-refractivity contribution is 5.91. The average Bonchev–Trinajstić information content (AvgIpc) is 2.21. The Labute approximate surface area is 83.7 Å². The van der Waals surface area contributed by atoms with Crippen LogP contribution >= 0.6 is 0 Å². The molecule has 0 saturated carbocycles. The normalized spacial score (nSPS) is 9.64. The Morgan fingerprint density at radius 3 is 2.43 bits per heavy atom. The number of urea groups is 1. The Kier molecular flexibility index (Phi) is 3.48. The van der Waals surface area contributed by atoms with Crippen molar-refractivity contribution in [2.75, 3.05) is 11.4 Å². The molecule has 1 rings (SSSR count). The molecule has 1 aromatic carbocycles. The number of benzene rings is 1. The maximum atomic E-state index is 11.3. The van der Waals surface area contributed by atoms with Gasteiger partial charge in [0.2, 0.25) is 0 Å². The van der Waals surface area contributed by atoms with Gasteiger partial charge in [-0.05, 0) is 26.0 Å². The highest BCUT2D eigenvalue weighted by Gasteiger charge is 2.11. The van der Waals surface area contributed by atoms with Crippen molar-refractivity contribution in [1.82, 2.24) is 5.43 Å². The van der Waals surface area contributed by atoms with E-state index in [1.807, 2.05) is 38.1 Å². The van der Waals surface area contributed by atoms with Crippen molar-refractivity contribution in [1.29, 1.82) is 0 Å². The molecule has 0 aromatic heterocycles. The molecule has 0 heterocycles. The second-order valence-corrected chi connectivity index (χ2v) is 3.03. The maximum absolute atomic E-state index is 11.3. The van der Waals surface area contributed by atoms with E-state index in [-0.39, 0.29) is 6.03 Å². The molecule has 2 amide bonds. The van der Waals surface area contributed by atoms with E-state index in [1.54, 1.807) is 4.90 Å². The molecule has 0 unspecified atom stereocenters. The first-order chi connectivity index (χ1) is 6.69. The van der Waals surface area contributed by atoms with E-state index < -0.39 is 0 Å². The standard InChI is InChI=1S/C10H15N3O/c1-3-13(10(14)12-11)9-6-4-8(2)5-7-9/h4-7H,3,11H2,1-2H3,(H,12,14). The topological polar surface area (TPSA) is 58.4 Å². The van der Waals surface area contributed by atoms with Crippen molar-refractivity contribution in [2.24, 2.45) is 5.84 Å². The van der Waals surface area contributed by atoms with Gasteiger partial charge in [-0.15, -0.1) is 0 Å². The Morgan fingerprint density at radius 1 is 1.43 bits per heavy atom. The third-order valence-electron chi connectivity index (χ3n) is 2.03. The molecule has 4 nitrogen and oxygen atoms in total. The number of carbonyl (C=O) groups is 1. The lowest BCUT2D eigenvalue weighted by Gasteiger charge is -2.20. The third kappa shape index (κ3) is 2.23. The number of nitrogens with two attached hydrogens (primary N) is 1. The molecule has 0 aliphatic carbocycles. The SMILES string of the molecule is CCN(C(=O)NN)c1ccc(C)cc1. The minimum Gasteiger partial charge on any atom is -0.294 e. The average molecular weight is 193 g/mol. The molecule has 0 atom stereocenters. The van der Waals surface area contributed by atoms with Crippen LogP contribution in [0.15, 0.2) is 24.3 Å². The number of rotatable bonds is 2. The van der Waals surface area contributed by atoms with Gasteiger partial charge in [-0.1, -0.05) is 17.7 Å². The van der Waals surface area contributed by atoms with Gasteiger partial charge in [-0.25, -0.2) is 10.6 Å². The van der Waals surface area contributed by atoms with E-state index in [9.17, 15) is 4.79 Å². The predicted molar refractivity (Wildman–Crippen MR) is 56.9 cm³/mol. The van der Waals surface area contributed by atoms with Crippen LogP contribution in [-0.4, -0.2) is 12.6 Å². The van der Waals surface area contributed by atoms with Gasteiger partial charge in [0.25, 0.3) is 0 Å². The molecular formula is C10H15N3O. The van der Waals surface area contributed by atoms with Gasteiger partial charge in [-0.2, -0.15) is 0 Å². The number of hydrazine groups is 1. The van der Waals surface area contributed by atoms with E-state index in [4.69, 9.17) is 5.84 Å². The molecule has 0 radical (unpaired) electrons. The summed E-state index contributed by atoms with van der Waals surface area (Å²) < 4.78 is 0. The zero-order chi connectivity index (χ0) is 10.6. The first-order valence-corrected chi connectivity index (χ1v) is 4.53. The Morgan fingerprint density at radius 2 is 2.00 bits per heavy atom. The van der Waals surface area contributed by atoms with Gasteiger partial charge < -0.3 is 0 Å². The molecule has 4 heteroatoms. The Balaban J connectivity index is 2.89. The van der Waals surface area contributed by atoms with Gasteiger partial charge in [0.05, 0.1) is 0 Å². The lowest BCUT2D eigenvalue weighted by molar-refractivity contribution is 0.247. The predicted octanol–water partition coefficient (Wildman–Crippen LogP) is 1.40. The van der Waals surface area contributed by atoms with Crippen LogP contribution in [0.1, 0.15) is 12.5 Å². The van der Waals surface area contributed by atoms with E-state index in [0.717, 1.165) is 11.3 Å². The summed E-state index contributed by atoms with van der Waals surface area (Å²) in [5.74, 6) is 5.07. The molecule has 0 fully saturated rings. The summed E-state index contributed by atoms with van der Waals surface area (Å²) in [4.78, 5) is 12.9. The van der Waals surface area contributed by atoms with E-state index in [1.165, 1.54) is 0 Å². The van der Waals surface area contributed by atoms with Crippen LogP contribution in [0.4, 0.5) is 10.5 Å². The number of nitrogens with zero attached hydrogens (tertiary/aromatic N) is 1. The van der Waals surface area contributed by atoms with Crippen molar-refractivity contribution in [2.45, 2.75) is 13.8 Å². The summed E-state index contributed by atoms with van der Waals surface area (Å²) in [7, 11) is 0. The molecule has 0 saturated heterocycles. The van der Waals surface area contributed by atoms with Crippen LogP contribution in [0.5, 0.6) is 0 Å². The minimum absolute atomic E-state index is 0.295. The number of aryl methyl sites for hydroxylation is 1. The summed E-state index contributed by atoms with van der Waals surface area (Å²) in [6.45, 7) is 4.49. The Bertz CT molecular complexity index is 308. The lowest BCUT2D eigenvalue weighted by Crippen LogP contribution is -2.43. The van der Waals surface area contributed by atoms with Crippen molar-refractivity contribution < 1.29 is 4.79 Å². The van der Waals surface area contributed by atoms with Crippen molar-refractivity contribution in [3.05, 3.63) is 29.8 Å². The molecule has 0 bridgehead atoms. The van der Waals surface area contributed by atoms with Gasteiger partial charge in [0.1, 0.15) is 0 Å². The fourth-order valence-electron chi connectivity index (χ4n) is 1.25. The zero-order valence-electron chi connectivity index (χ0n) is 8.45. The third-order valence-corrected chi connectivity index (χ3v) is 2.03. The van der Waals surface area contributed by atoms with Gasteiger partial charge in [0.15, 0.2) is 0 Å². The van der Waals surface area contributed by atoms with Crippen LogP contribution in [0.25, 0.3) is 0 Å². The second-order valence-electron chi connectivity index (χ2n) is 3.03. The highest BCUT2D eigenvalue weighted by atomic mass is 16.2. The number of hydrogen-bond donors (Lipinski definition) is 2. The summed E-state index contributed by atoms with van der Waals surface area (Å²) in [5.41, 5.74) is 4.13. The quantitative estimate of drug-likeness (QED) is 0.424. The van der Waals surface area contributed by atoms with E-state index in [0.29, 0.717) is 6.54 Å². The van der Waals surface area contributed by atoms with Gasteiger partial charge in [0, 0.05) is 12.2 Å². The number of carbonyl (C=O) groups excluding carboxylic acids is 1. The van der Waals surface area contributed by atoms with E-state index >= 15 is 0 Å². The molecule has 3 N–H and O–H groups in total. The molecule has 0 spiro atoms. The number of anilines is 1. The van der Waals surface area contributed by atoms with Crippen LogP contribution < -0.4 is 16.2 Å². The van der Waals surface area contributed by atoms with Crippen LogP contribution in [0.2, 0.25) is 0 Å². The number of nitrogens with one attached hydrogen (secondary N) is 1. The van der Waals surface area contributed by atoms with Crippen LogP contribution in [0, 0.1) is 6.92 Å². The van der Waals surface area contributed by atoms with Gasteiger partial charge in [-0.3, -0.25) is 10.3 Å². The molecule has 0 aliphatic heterocycles. The molecular weight excluding hydrogens is 178 g/mol. The molecule has 76 valence electrons. The molecule has 0 aliphatic rings. The van der Waals surface area contributed by atoms with Crippen molar-refractivity contribution in [3.8, 4) is 0 Å². The first kappa shape index (κ1) is 10.5. The lowest BCUT2D eigenvalue weighted by atomic mass is 10.2. The summed E-state index contributed by atoms with van der Waals surface area (Å²) in [6.07, 6.45) is 0. The fraction of sp³-hybridized carbons (Fsp3) is 0.300.